The number of anilines is 2. The topological polar surface area (TPSA) is 196 Å². The number of aromatic nitrogens is 5. The largest absolute Gasteiger partial charge is 0.424 e. The van der Waals surface area contributed by atoms with Crippen LogP contribution in [0.4, 0.5) is 11.8 Å². The lowest BCUT2D eigenvalue weighted by Gasteiger charge is -2.29. The number of carbonyl (C=O) groups excluding carboxylic acids is 1. The predicted octanol–water partition coefficient (Wildman–Crippen LogP) is 3.16. The summed E-state index contributed by atoms with van der Waals surface area (Å²) in [5, 5.41) is 5.57. The van der Waals surface area contributed by atoms with Gasteiger partial charge < -0.3 is 40.7 Å². The summed E-state index contributed by atoms with van der Waals surface area (Å²) < 4.78 is 22.6. The van der Waals surface area contributed by atoms with Crippen LogP contribution < -0.4 is 17.2 Å². The zero-order valence-corrected chi connectivity index (χ0v) is 27.0. The van der Waals surface area contributed by atoms with E-state index in [1.807, 2.05) is 41.6 Å². The van der Waals surface area contributed by atoms with E-state index in [0.29, 0.717) is 92.7 Å². The summed E-state index contributed by atoms with van der Waals surface area (Å²) in [5.41, 5.74) is 24.2. The molecule has 6 rings (SSSR count). The van der Waals surface area contributed by atoms with E-state index in [2.05, 4.69) is 33.2 Å². The minimum atomic E-state index is 0.116. The molecule has 1 aliphatic heterocycles. The zero-order chi connectivity index (χ0) is 33.2. The smallest absolute Gasteiger partial charge is 0.292 e. The Morgan fingerprint density at radius 1 is 0.957 bits per heavy atom. The van der Waals surface area contributed by atoms with Crippen molar-refractivity contribution in [3.63, 3.8) is 0 Å². The van der Waals surface area contributed by atoms with Gasteiger partial charge in [0.2, 0.25) is 5.91 Å². The number of benzene rings is 2. The van der Waals surface area contributed by atoms with E-state index in [-0.39, 0.29) is 11.9 Å². The predicted molar refractivity (Wildman–Crippen MR) is 179 cm³/mol. The molecule has 0 unspecified atom stereocenters. The van der Waals surface area contributed by atoms with Gasteiger partial charge in [-0.1, -0.05) is 25.1 Å². The number of fused-ring (bicyclic) bond motifs is 3. The molecule has 47 heavy (non-hydrogen) atoms. The van der Waals surface area contributed by atoms with E-state index in [9.17, 15) is 4.79 Å². The fourth-order valence-electron chi connectivity index (χ4n) is 5.42. The van der Waals surface area contributed by atoms with Gasteiger partial charge in [-0.25, -0.2) is 14.6 Å². The standard InChI is InChI=1S/C25H24N8O2.C8H19NO3/c1-2-20(34)32-8-7-15-9-14(3-4-17(15)12-32)11-33-24-21(23(26)28-13-29-24)22(31-33)16-5-6-19-18(10-16)30-25(27)35-19;1-2-10-5-6-12-8-7-11-4-3-9/h3-6,9-10,13H,2,7-8,11-12H2,1H3,(H2,27,30)(H2,26,28,29);2-9H2,1H3. The molecule has 0 atom stereocenters. The van der Waals surface area contributed by atoms with E-state index < -0.39 is 0 Å². The highest BCUT2D eigenvalue weighted by Crippen LogP contribution is 2.33. The molecule has 4 heterocycles. The van der Waals surface area contributed by atoms with Crippen LogP contribution in [0.5, 0.6) is 0 Å². The summed E-state index contributed by atoms with van der Waals surface area (Å²) in [6.07, 6.45) is 2.83. The number of carbonyl (C=O) groups is 1. The van der Waals surface area contributed by atoms with Crippen LogP contribution in [0.1, 0.15) is 37.0 Å². The average molecular weight is 646 g/mol. The van der Waals surface area contributed by atoms with Gasteiger partial charge in [0, 0.05) is 38.2 Å². The van der Waals surface area contributed by atoms with Gasteiger partial charge in [0.05, 0.1) is 45.0 Å². The number of nitrogen functional groups attached to an aromatic ring is 2. The van der Waals surface area contributed by atoms with Crippen molar-refractivity contribution < 1.29 is 23.4 Å². The summed E-state index contributed by atoms with van der Waals surface area (Å²) in [6, 6.07) is 12.1. The highest BCUT2D eigenvalue weighted by Gasteiger charge is 2.21. The Labute approximate surface area is 273 Å². The van der Waals surface area contributed by atoms with Crippen LogP contribution in [0.25, 0.3) is 33.4 Å². The lowest BCUT2D eigenvalue weighted by molar-refractivity contribution is -0.131. The molecule has 1 aliphatic rings. The van der Waals surface area contributed by atoms with Crippen molar-refractivity contribution in [1.29, 1.82) is 0 Å². The van der Waals surface area contributed by atoms with Crippen LogP contribution in [-0.2, 0) is 38.5 Å². The maximum atomic E-state index is 12.1. The maximum absolute atomic E-state index is 12.1. The molecule has 6 N–H and O–H groups in total. The molecule has 0 spiro atoms. The molecule has 0 radical (unpaired) electrons. The second-order valence-electron chi connectivity index (χ2n) is 10.9. The van der Waals surface area contributed by atoms with E-state index in [4.69, 9.17) is 40.9 Å². The fourth-order valence-corrected chi connectivity index (χ4v) is 5.42. The fraction of sp³-hybridized carbons (Fsp3) is 0.424. The summed E-state index contributed by atoms with van der Waals surface area (Å²) in [7, 11) is 0. The molecule has 0 bridgehead atoms. The zero-order valence-electron chi connectivity index (χ0n) is 27.0. The number of nitrogens with two attached hydrogens (primary N) is 3. The van der Waals surface area contributed by atoms with Gasteiger partial charge in [0.15, 0.2) is 11.2 Å². The monoisotopic (exact) mass is 645 g/mol. The summed E-state index contributed by atoms with van der Waals surface area (Å²) in [4.78, 5) is 26.9. The second-order valence-corrected chi connectivity index (χ2v) is 10.9. The van der Waals surface area contributed by atoms with Gasteiger partial charge >= 0.3 is 0 Å². The molecule has 0 aliphatic carbocycles. The van der Waals surface area contributed by atoms with Crippen molar-refractivity contribution in [1.82, 2.24) is 29.6 Å². The number of hydrogen-bond acceptors (Lipinski definition) is 12. The molecule has 0 saturated carbocycles. The van der Waals surface area contributed by atoms with E-state index in [1.54, 1.807) is 0 Å². The highest BCUT2D eigenvalue weighted by molar-refractivity contribution is 5.99. The molecule has 0 saturated heterocycles. The number of rotatable bonds is 13. The van der Waals surface area contributed by atoms with Crippen LogP contribution in [0.15, 0.2) is 47.1 Å². The van der Waals surface area contributed by atoms with Crippen molar-refractivity contribution in [2.24, 2.45) is 5.73 Å². The molecular formula is C33H43N9O5. The molecule has 14 nitrogen and oxygen atoms in total. The number of oxazole rings is 1. The van der Waals surface area contributed by atoms with Gasteiger partial charge in [0.25, 0.3) is 6.01 Å². The molecule has 2 aromatic carbocycles. The molecule has 0 fully saturated rings. The average Bonchev–Trinajstić information content (AvgIpc) is 3.65. The first-order valence-corrected chi connectivity index (χ1v) is 15.9. The Kier molecular flexibility index (Phi) is 11.7. The Bertz CT molecular complexity index is 1780. The molecule has 250 valence electrons. The molecule has 14 heteroatoms. The number of ether oxygens (including phenoxy) is 3. The summed E-state index contributed by atoms with van der Waals surface area (Å²) >= 11 is 0. The minimum Gasteiger partial charge on any atom is -0.424 e. The van der Waals surface area contributed by atoms with Crippen molar-refractivity contribution >= 4 is 39.9 Å². The van der Waals surface area contributed by atoms with E-state index in [1.165, 1.54) is 17.5 Å². The third-order valence-electron chi connectivity index (χ3n) is 7.72. The maximum Gasteiger partial charge on any atom is 0.292 e. The molecule has 3 aromatic heterocycles. The van der Waals surface area contributed by atoms with Gasteiger partial charge in [-0.2, -0.15) is 10.1 Å². The lowest BCUT2D eigenvalue weighted by Crippen LogP contribution is -2.35. The molecular weight excluding hydrogens is 602 g/mol. The van der Waals surface area contributed by atoms with Crippen LogP contribution in [0, 0.1) is 0 Å². The van der Waals surface area contributed by atoms with Crippen LogP contribution in [0.2, 0.25) is 0 Å². The number of nitrogens with zero attached hydrogens (tertiary/aromatic N) is 6. The van der Waals surface area contributed by atoms with E-state index in [0.717, 1.165) is 30.7 Å². The SMILES string of the molecule is CCC(=O)N1CCc2cc(Cn3nc(-c4ccc5oc(N)nc5c4)c4c(N)ncnc43)ccc2C1.CCOCCOCCOCCN. The van der Waals surface area contributed by atoms with Crippen LogP contribution in [0.3, 0.4) is 0 Å². The second kappa shape index (κ2) is 16.3. The normalized spacial score (nSPS) is 12.7. The van der Waals surface area contributed by atoms with Crippen molar-refractivity contribution in [2.45, 2.75) is 39.8 Å². The van der Waals surface area contributed by atoms with Gasteiger partial charge in [-0.3, -0.25) is 4.79 Å². The Morgan fingerprint density at radius 2 is 1.74 bits per heavy atom. The number of hydrogen-bond donors (Lipinski definition) is 3. The van der Waals surface area contributed by atoms with Gasteiger partial charge in [-0.05, 0) is 48.2 Å². The van der Waals surface area contributed by atoms with Crippen LogP contribution in [-0.4, -0.2) is 88.3 Å². The Balaban J connectivity index is 0.000000310. The van der Waals surface area contributed by atoms with Crippen molar-refractivity contribution in [3.8, 4) is 11.3 Å². The third-order valence-corrected chi connectivity index (χ3v) is 7.72. The third kappa shape index (κ3) is 8.40. The highest BCUT2D eigenvalue weighted by atomic mass is 16.5. The molecule has 5 aromatic rings. The summed E-state index contributed by atoms with van der Waals surface area (Å²) in [5.74, 6) is 0.557. The Hall–Kier alpha value is -4.63. The van der Waals surface area contributed by atoms with Crippen LogP contribution >= 0.6 is 0 Å². The first-order valence-electron chi connectivity index (χ1n) is 15.9. The molecule has 1 amide bonds. The summed E-state index contributed by atoms with van der Waals surface area (Å²) in [6.45, 7) is 10.2. The van der Waals surface area contributed by atoms with E-state index >= 15 is 0 Å². The quantitative estimate of drug-likeness (QED) is 0.159. The first-order chi connectivity index (χ1) is 22.9. The van der Waals surface area contributed by atoms with Crippen molar-refractivity contribution in [2.75, 3.05) is 64.2 Å². The van der Waals surface area contributed by atoms with Crippen molar-refractivity contribution in [3.05, 3.63) is 59.4 Å². The Morgan fingerprint density at radius 3 is 2.51 bits per heavy atom. The minimum absolute atomic E-state index is 0.116. The lowest BCUT2D eigenvalue weighted by atomic mass is 9.97. The van der Waals surface area contributed by atoms with Gasteiger partial charge in [-0.15, -0.1) is 0 Å². The first kappa shape index (κ1) is 33.7. The van der Waals surface area contributed by atoms with Gasteiger partial charge in [0.1, 0.15) is 23.4 Å². The number of amides is 1.